The maximum Gasteiger partial charge on any atom is 0.0397 e. The molecule has 0 bridgehead atoms. The van der Waals surface area contributed by atoms with Gasteiger partial charge < -0.3 is 15.1 Å². The monoisotopic (exact) mass is 245 g/mol. The number of benzene rings is 1. The lowest BCUT2D eigenvalue weighted by Crippen LogP contribution is -2.43. The number of fused-ring (bicyclic) bond motifs is 1. The molecule has 0 aliphatic carbocycles. The van der Waals surface area contributed by atoms with Crippen LogP contribution in [0, 0.1) is 5.92 Å². The Kier molecular flexibility index (Phi) is 3.16. The Morgan fingerprint density at radius 1 is 1.22 bits per heavy atom. The summed E-state index contributed by atoms with van der Waals surface area (Å²) in [5.74, 6) is 0.765. The fourth-order valence-electron chi connectivity index (χ4n) is 3.23. The van der Waals surface area contributed by atoms with Crippen molar-refractivity contribution < 1.29 is 0 Å². The molecule has 0 spiro atoms. The van der Waals surface area contributed by atoms with Gasteiger partial charge in [-0.15, -0.1) is 0 Å². The van der Waals surface area contributed by atoms with Crippen LogP contribution in [0.2, 0.25) is 0 Å². The molecule has 98 valence electrons. The van der Waals surface area contributed by atoms with E-state index >= 15 is 0 Å². The van der Waals surface area contributed by atoms with E-state index < -0.39 is 0 Å². The van der Waals surface area contributed by atoms with Crippen molar-refractivity contribution >= 4 is 11.4 Å². The highest BCUT2D eigenvalue weighted by atomic mass is 15.2. The van der Waals surface area contributed by atoms with Crippen molar-refractivity contribution in [2.24, 2.45) is 5.92 Å². The van der Waals surface area contributed by atoms with Crippen LogP contribution in [-0.2, 0) is 6.42 Å². The normalized spacial score (nSPS) is 24.0. The molecule has 1 atom stereocenters. The molecule has 1 saturated heterocycles. The predicted molar refractivity (Wildman–Crippen MR) is 77.7 cm³/mol. The van der Waals surface area contributed by atoms with E-state index in [9.17, 15) is 0 Å². The van der Waals surface area contributed by atoms with Crippen LogP contribution < -0.4 is 15.1 Å². The van der Waals surface area contributed by atoms with Gasteiger partial charge >= 0.3 is 0 Å². The Morgan fingerprint density at radius 3 is 2.78 bits per heavy atom. The summed E-state index contributed by atoms with van der Waals surface area (Å²) in [5, 5.41) is 3.41. The largest absolute Gasteiger partial charge is 0.374 e. The zero-order chi connectivity index (χ0) is 12.5. The van der Waals surface area contributed by atoms with Crippen molar-refractivity contribution in [3.63, 3.8) is 0 Å². The lowest BCUT2D eigenvalue weighted by molar-refractivity contribution is 0.550. The average Bonchev–Trinajstić information content (AvgIpc) is 2.39. The van der Waals surface area contributed by atoms with Gasteiger partial charge in [-0.25, -0.2) is 0 Å². The van der Waals surface area contributed by atoms with Crippen LogP contribution in [0.3, 0.4) is 0 Å². The van der Waals surface area contributed by atoms with Crippen LogP contribution in [0.4, 0.5) is 11.4 Å². The minimum atomic E-state index is 0.765. The summed E-state index contributed by atoms with van der Waals surface area (Å²) >= 11 is 0. The second-order valence-corrected chi connectivity index (χ2v) is 5.74. The first-order valence-corrected chi connectivity index (χ1v) is 7.04. The van der Waals surface area contributed by atoms with E-state index in [0.29, 0.717) is 0 Å². The number of hydrogen-bond acceptors (Lipinski definition) is 3. The van der Waals surface area contributed by atoms with Crippen LogP contribution in [0.1, 0.15) is 12.5 Å². The highest BCUT2D eigenvalue weighted by Crippen LogP contribution is 2.32. The van der Waals surface area contributed by atoms with Gasteiger partial charge in [0.05, 0.1) is 0 Å². The van der Waals surface area contributed by atoms with Crippen molar-refractivity contribution in [2.45, 2.75) is 13.3 Å². The third kappa shape index (κ3) is 2.19. The van der Waals surface area contributed by atoms with E-state index in [1.165, 1.54) is 29.9 Å². The quantitative estimate of drug-likeness (QED) is 0.813. The summed E-state index contributed by atoms with van der Waals surface area (Å²) in [6.07, 6.45) is 1.22. The van der Waals surface area contributed by atoms with Crippen LogP contribution in [0.25, 0.3) is 0 Å². The second-order valence-electron chi connectivity index (χ2n) is 5.74. The standard InChI is InChI=1S/C15H23N3/c1-12-9-13-10-14(18-7-5-16-6-8-18)3-4-15(13)17(2)11-12/h3-4,10,12,16H,5-9,11H2,1-2H3/t12-/m1/s1. The SMILES string of the molecule is C[C@@H]1Cc2cc(N3CCNCC3)ccc2N(C)C1. The van der Waals surface area contributed by atoms with Crippen molar-refractivity contribution in [1.29, 1.82) is 0 Å². The second kappa shape index (κ2) is 4.81. The molecule has 3 rings (SSSR count). The Labute approximate surface area is 110 Å². The zero-order valence-corrected chi connectivity index (χ0v) is 11.4. The molecular weight excluding hydrogens is 222 g/mol. The van der Waals surface area contributed by atoms with E-state index in [-0.39, 0.29) is 0 Å². The lowest BCUT2D eigenvalue weighted by Gasteiger charge is -2.34. The Hall–Kier alpha value is -1.22. The third-order valence-corrected chi connectivity index (χ3v) is 4.11. The molecule has 1 fully saturated rings. The van der Waals surface area contributed by atoms with E-state index in [4.69, 9.17) is 0 Å². The highest BCUT2D eigenvalue weighted by molar-refractivity contribution is 5.63. The first-order chi connectivity index (χ1) is 8.74. The Morgan fingerprint density at radius 2 is 2.00 bits per heavy atom. The Balaban J connectivity index is 1.87. The first kappa shape index (κ1) is 11.8. The summed E-state index contributed by atoms with van der Waals surface area (Å²) in [6, 6.07) is 7.00. The predicted octanol–water partition coefficient (Wildman–Crippen LogP) is 1.72. The number of hydrogen-bond donors (Lipinski definition) is 1. The van der Waals surface area contributed by atoms with Gasteiger partial charge in [0.25, 0.3) is 0 Å². The lowest BCUT2D eigenvalue weighted by atomic mass is 9.93. The maximum absolute atomic E-state index is 3.41. The molecule has 1 N–H and O–H groups in total. The van der Waals surface area contributed by atoms with Gasteiger partial charge in [-0.3, -0.25) is 0 Å². The summed E-state index contributed by atoms with van der Waals surface area (Å²) in [5.41, 5.74) is 4.34. The van der Waals surface area contributed by atoms with Crippen molar-refractivity contribution in [3.05, 3.63) is 23.8 Å². The molecule has 0 unspecified atom stereocenters. The van der Waals surface area contributed by atoms with Gasteiger partial charge in [0.2, 0.25) is 0 Å². The van der Waals surface area contributed by atoms with Crippen LogP contribution >= 0.6 is 0 Å². The topological polar surface area (TPSA) is 18.5 Å². The maximum atomic E-state index is 3.41. The minimum Gasteiger partial charge on any atom is -0.374 e. The summed E-state index contributed by atoms with van der Waals surface area (Å²) in [4.78, 5) is 4.89. The van der Waals surface area contributed by atoms with Gasteiger partial charge in [-0.1, -0.05) is 6.92 Å². The van der Waals surface area contributed by atoms with Gasteiger partial charge in [0.1, 0.15) is 0 Å². The van der Waals surface area contributed by atoms with Gasteiger partial charge in [-0.2, -0.15) is 0 Å². The zero-order valence-electron chi connectivity index (χ0n) is 11.4. The molecule has 0 amide bonds. The van der Waals surface area contributed by atoms with Gasteiger partial charge in [-0.05, 0) is 36.1 Å². The highest BCUT2D eigenvalue weighted by Gasteiger charge is 2.20. The minimum absolute atomic E-state index is 0.765. The molecule has 1 aromatic rings. The smallest absolute Gasteiger partial charge is 0.0397 e. The fourth-order valence-corrected chi connectivity index (χ4v) is 3.23. The van der Waals surface area contributed by atoms with E-state index in [2.05, 4.69) is 47.3 Å². The van der Waals surface area contributed by atoms with E-state index in [1.807, 2.05) is 0 Å². The molecule has 0 radical (unpaired) electrons. The average molecular weight is 245 g/mol. The molecule has 1 aromatic carbocycles. The van der Waals surface area contributed by atoms with E-state index in [0.717, 1.165) is 32.1 Å². The molecule has 2 aliphatic rings. The van der Waals surface area contributed by atoms with Crippen molar-refractivity contribution in [1.82, 2.24) is 5.32 Å². The van der Waals surface area contributed by atoms with Gasteiger partial charge in [0.15, 0.2) is 0 Å². The molecule has 3 nitrogen and oxygen atoms in total. The molecule has 18 heavy (non-hydrogen) atoms. The molecular formula is C15H23N3. The third-order valence-electron chi connectivity index (χ3n) is 4.11. The van der Waals surface area contributed by atoms with Crippen LogP contribution in [0.15, 0.2) is 18.2 Å². The van der Waals surface area contributed by atoms with Crippen LogP contribution in [0.5, 0.6) is 0 Å². The van der Waals surface area contributed by atoms with Crippen LogP contribution in [-0.4, -0.2) is 39.8 Å². The molecule has 2 aliphatic heterocycles. The van der Waals surface area contributed by atoms with Gasteiger partial charge in [0, 0.05) is 51.1 Å². The fraction of sp³-hybridized carbons (Fsp3) is 0.600. The van der Waals surface area contributed by atoms with E-state index in [1.54, 1.807) is 0 Å². The molecule has 3 heteroatoms. The summed E-state index contributed by atoms with van der Waals surface area (Å²) < 4.78 is 0. The summed E-state index contributed by atoms with van der Waals surface area (Å²) in [7, 11) is 2.21. The first-order valence-electron chi connectivity index (χ1n) is 7.04. The number of nitrogens with one attached hydrogen (secondary N) is 1. The number of nitrogens with zero attached hydrogens (tertiary/aromatic N) is 2. The Bertz CT molecular complexity index is 424. The molecule has 2 heterocycles. The number of anilines is 2. The number of rotatable bonds is 1. The van der Waals surface area contributed by atoms with Crippen molar-refractivity contribution in [3.8, 4) is 0 Å². The van der Waals surface area contributed by atoms with Crippen molar-refractivity contribution in [2.75, 3.05) is 49.6 Å². The molecule has 0 aromatic heterocycles. The summed E-state index contributed by atoms with van der Waals surface area (Å²) in [6.45, 7) is 7.99. The number of piperazine rings is 1. The molecule has 0 saturated carbocycles.